The molecule has 0 N–H and O–H groups in total. The molecule has 0 spiro atoms. The number of hydrogen-bond acceptors (Lipinski definition) is 4. The van der Waals surface area contributed by atoms with Crippen LogP contribution in [0.3, 0.4) is 0 Å². The summed E-state index contributed by atoms with van der Waals surface area (Å²) in [6.07, 6.45) is 0. The molecule has 3 rings (SSSR count). The lowest BCUT2D eigenvalue weighted by molar-refractivity contribution is 0.357. The standard InChI is InChI=1S/C18H21N3S/c1-20(2)12-13-21(3)18-14-8-4-6-10-16(14)22-17-11-7-5-9-15(17)19-18/h4-11H,12-13H2,1-3H3. The first kappa shape index (κ1) is 15.1. The summed E-state index contributed by atoms with van der Waals surface area (Å²) in [6.45, 7) is 1.96. The molecule has 4 heteroatoms. The predicted octanol–water partition coefficient (Wildman–Crippen LogP) is 3.72. The monoisotopic (exact) mass is 311 g/mol. The summed E-state index contributed by atoms with van der Waals surface area (Å²) < 4.78 is 0. The summed E-state index contributed by atoms with van der Waals surface area (Å²) in [7, 11) is 6.32. The first-order chi connectivity index (χ1) is 10.6. The molecule has 0 aliphatic carbocycles. The van der Waals surface area contributed by atoms with Crippen molar-refractivity contribution in [1.29, 1.82) is 0 Å². The topological polar surface area (TPSA) is 18.8 Å². The van der Waals surface area contributed by atoms with Crippen molar-refractivity contribution in [2.45, 2.75) is 9.79 Å². The quantitative estimate of drug-likeness (QED) is 0.861. The van der Waals surface area contributed by atoms with Gasteiger partial charge in [-0.05, 0) is 32.3 Å². The van der Waals surface area contributed by atoms with Crippen LogP contribution in [0.15, 0.2) is 63.3 Å². The van der Waals surface area contributed by atoms with Crippen LogP contribution in [0.25, 0.3) is 0 Å². The van der Waals surface area contributed by atoms with Crippen molar-refractivity contribution >= 4 is 23.3 Å². The molecule has 0 fully saturated rings. The molecule has 1 heterocycles. The van der Waals surface area contributed by atoms with Gasteiger partial charge < -0.3 is 9.80 Å². The summed E-state index contributed by atoms with van der Waals surface area (Å²) in [5.41, 5.74) is 2.26. The Hall–Kier alpha value is -1.78. The number of aliphatic imine (C=N–C) groups is 1. The van der Waals surface area contributed by atoms with Gasteiger partial charge in [-0.1, -0.05) is 42.1 Å². The van der Waals surface area contributed by atoms with Crippen molar-refractivity contribution in [3.63, 3.8) is 0 Å². The Kier molecular flexibility index (Phi) is 4.50. The molecule has 0 unspecified atom stereocenters. The van der Waals surface area contributed by atoms with Crippen LogP contribution in [0.2, 0.25) is 0 Å². The highest BCUT2D eigenvalue weighted by molar-refractivity contribution is 7.99. The second-order valence-corrected chi connectivity index (χ2v) is 6.81. The van der Waals surface area contributed by atoms with Crippen LogP contribution >= 0.6 is 11.8 Å². The van der Waals surface area contributed by atoms with Crippen LogP contribution in [-0.2, 0) is 0 Å². The SMILES string of the molecule is CN(C)CCN(C)C1=Nc2ccccc2Sc2ccccc21. The molecule has 0 atom stereocenters. The van der Waals surface area contributed by atoms with Gasteiger partial charge in [0.1, 0.15) is 5.84 Å². The number of amidine groups is 1. The van der Waals surface area contributed by atoms with Crippen molar-refractivity contribution in [2.75, 3.05) is 34.2 Å². The molecule has 0 saturated carbocycles. The summed E-state index contributed by atoms with van der Waals surface area (Å²) in [4.78, 5) is 11.9. The second kappa shape index (κ2) is 6.55. The lowest BCUT2D eigenvalue weighted by Gasteiger charge is -2.23. The molecule has 22 heavy (non-hydrogen) atoms. The number of benzene rings is 2. The average molecular weight is 311 g/mol. The van der Waals surface area contributed by atoms with E-state index in [0.29, 0.717) is 0 Å². The fourth-order valence-corrected chi connectivity index (χ4v) is 3.43. The van der Waals surface area contributed by atoms with Gasteiger partial charge in [-0.3, -0.25) is 0 Å². The second-order valence-electron chi connectivity index (χ2n) is 5.73. The molecular formula is C18H21N3S. The van der Waals surface area contributed by atoms with E-state index in [1.54, 1.807) is 11.8 Å². The van der Waals surface area contributed by atoms with Crippen LogP contribution in [0.5, 0.6) is 0 Å². The maximum Gasteiger partial charge on any atom is 0.137 e. The van der Waals surface area contributed by atoms with Gasteiger partial charge in [-0.2, -0.15) is 0 Å². The summed E-state index contributed by atoms with van der Waals surface area (Å²) in [5, 5.41) is 0. The summed E-state index contributed by atoms with van der Waals surface area (Å²) >= 11 is 1.80. The van der Waals surface area contributed by atoms with Gasteiger partial charge in [-0.25, -0.2) is 4.99 Å². The molecular weight excluding hydrogens is 290 g/mol. The Morgan fingerprint density at radius 1 is 0.864 bits per heavy atom. The minimum Gasteiger partial charge on any atom is -0.358 e. The maximum absolute atomic E-state index is 4.96. The highest BCUT2D eigenvalue weighted by Crippen LogP contribution is 2.40. The molecule has 0 saturated heterocycles. The lowest BCUT2D eigenvalue weighted by Crippen LogP contribution is -2.34. The van der Waals surface area contributed by atoms with E-state index < -0.39 is 0 Å². The van der Waals surface area contributed by atoms with Crippen LogP contribution in [-0.4, -0.2) is 49.9 Å². The molecule has 0 bridgehead atoms. The molecule has 1 aliphatic rings. The zero-order valence-corrected chi connectivity index (χ0v) is 14.1. The highest BCUT2D eigenvalue weighted by Gasteiger charge is 2.19. The van der Waals surface area contributed by atoms with Gasteiger partial charge in [0.15, 0.2) is 0 Å². The molecule has 2 aromatic carbocycles. The van der Waals surface area contributed by atoms with Gasteiger partial charge >= 0.3 is 0 Å². The number of rotatable bonds is 3. The fraction of sp³-hybridized carbons (Fsp3) is 0.278. The first-order valence-electron chi connectivity index (χ1n) is 7.46. The van der Waals surface area contributed by atoms with Crippen LogP contribution in [0.1, 0.15) is 5.56 Å². The fourth-order valence-electron chi connectivity index (χ4n) is 2.42. The smallest absolute Gasteiger partial charge is 0.137 e. The Balaban J connectivity index is 2.03. The zero-order chi connectivity index (χ0) is 15.5. The summed E-state index contributed by atoms with van der Waals surface area (Å²) in [6, 6.07) is 16.9. The number of para-hydroxylation sites is 1. The number of fused-ring (bicyclic) bond motifs is 2. The van der Waals surface area contributed by atoms with Crippen molar-refractivity contribution in [3.8, 4) is 0 Å². The molecule has 2 aromatic rings. The van der Waals surface area contributed by atoms with Crippen LogP contribution in [0, 0.1) is 0 Å². The van der Waals surface area contributed by atoms with Gasteiger partial charge in [-0.15, -0.1) is 0 Å². The Morgan fingerprint density at radius 3 is 2.32 bits per heavy atom. The largest absolute Gasteiger partial charge is 0.358 e. The molecule has 114 valence electrons. The lowest BCUT2D eigenvalue weighted by atomic mass is 10.2. The maximum atomic E-state index is 4.96. The minimum atomic E-state index is 0.951. The number of likely N-dealkylation sites (N-methyl/N-ethyl adjacent to an activating group) is 2. The Morgan fingerprint density at radius 2 is 1.55 bits per heavy atom. The third-order valence-electron chi connectivity index (χ3n) is 3.68. The van der Waals surface area contributed by atoms with E-state index in [9.17, 15) is 0 Å². The van der Waals surface area contributed by atoms with E-state index in [-0.39, 0.29) is 0 Å². The molecule has 0 aromatic heterocycles. The van der Waals surface area contributed by atoms with E-state index in [4.69, 9.17) is 4.99 Å². The Bertz CT molecular complexity index is 694. The van der Waals surface area contributed by atoms with Crippen molar-refractivity contribution in [1.82, 2.24) is 9.80 Å². The third kappa shape index (κ3) is 3.18. The number of hydrogen-bond donors (Lipinski definition) is 0. The highest BCUT2D eigenvalue weighted by atomic mass is 32.2. The zero-order valence-electron chi connectivity index (χ0n) is 13.3. The van der Waals surface area contributed by atoms with Crippen molar-refractivity contribution < 1.29 is 0 Å². The number of nitrogens with zero attached hydrogens (tertiary/aromatic N) is 3. The van der Waals surface area contributed by atoms with Gasteiger partial charge in [0.2, 0.25) is 0 Å². The molecule has 3 nitrogen and oxygen atoms in total. The molecule has 1 aliphatic heterocycles. The van der Waals surface area contributed by atoms with Crippen LogP contribution in [0.4, 0.5) is 5.69 Å². The van der Waals surface area contributed by atoms with Crippen molar-refractivity contribution in [2.24, 2.45) is 4.99 Å². The van der Waals surface area contributed by atoms with E-state index in [0.717, 1.165) is 24.6 Å². The van der Waals surface area contributed by atoms with Gasteiger partial charge in [0.25, 0.3) is 0 Å². The van der Waals surface area contributed by atoms with Crippen LogP contribution < -0.4 is 0 Å². The average Bonchev–Trinajstić information content (AvgIpc) is 2.69. The van der Waals surface area contributed by atoms with E-state index in [2.05, 4.69) is 79.5 Å². The Labute approximate surface area is 136 Å². The predicted molar refractivity (Wildman–Crippen MR) is 94.4 cm³/mol. The van der Waals surface area contributed by atoms with Gasteiger partial charge in [0.05, 0.1) is 5.69 Å². The normalized spacial score (nSPS) is 13.2. The summed E-state index contributed by atoms with van der Waals surface area (Å²) in [5.74, 6) is 1.05. The first-order valence-corrected chi connectivity index (χ1v) is 8.27. The van der Waals surface area contributed by atoms with E-state index in [1.165, 1.54) is 15.4 Å². The van der Waals surface area contributed by atoms with E-state index >= 15 is 0 Å². The third-order valence-corrected chi connectivity index (χ3v) is 4.82. The molecule has 0 amide bonds. The van der Waals surface area contributed by atoms with Gasteiger partial charge in [0, 0.05) is 35.5 Å². The van der Waals surface area contributed by atoms with E-state index in [1.807, 2.05) is 0 Å². The molecule has 0 radical (unpaired) electrons. The minimum absolute atomic E-state index is 0.951. The van der Waals surface area contributed by atoms with Crippen molar-refractivity contribution in [3.05, 3.63) is 54.1 Å².